The van der Waals surface area contributed by atoms with E-state index in [1.807, 2.05) is 0 Å². The summed E-state index contributed by atoms with van der Waals surface area (Å²) >= 11 is 0. The molecule has 2 rings (SSSR count). The number of carbonyl (C=O) groups excluding carboxylic acids is 4. The first kappa shape index (κ1) is 24.8. The minimum absolute atomic E-state index is 0.0306. The Kier molecular flexibility index (Phi) is 8.05. The molecule has 0 saturated carbocycles. The van der Waals surface area contributed by atoms with Crippen molar-refractivity contribution in [1.29, 1.82) is 0 Å². The summed E-state index contributed by atoms with van der Waals surface area (Å²) in [4.78, 5) is 57.4. The van der Waals surface area contributed by atoms with Gasteiger partial charge in [0, 0.05) is 33.8 Å². The Balaban J connectivity index is 2.61. The van der Waals surface area contributed by atoms with Crippen LogP contribution >= 0.6 is 0 Å². The van der Waals surface area contributed by atoms with Crippen LogP contribution in [0.25, 0.3) is 11.6 Å². The monoisotopic (exact) mass is 456 g/mol. The quantitative estimate of drug-likeness (QED) is 0.286. The Morgan fingerprint density at radius 2 is 1.15 bits per heavy atom. The summed E-state index contributed by atoms with van der Waals surface area (Å²) in [6.07, 6.45) is 1.24. The molecule has 0 aliphatic carbocycles. The van der Waals surface area contributed by atoms with Crippen molar-refractivity contribution in [1.82, 2.24) is 0 Å². The van der Waals surface area contributed by atoms with Crippen molar-refractivity contribution in [3.8, 4) is 23.0 Å². The molecule has 0 fully saturated rings. The molecule has 33 heavy (non-hydrogen) atoms. The van der Waals surface area contributed by atoms with Crippen LogP contribution in [0.5, 0.6) is 23.0 Å². The van der Waals surface area contributed by atoms with Crippen molar-refractivity contribution in [3.05, 3.63) is 47.5 Å². The van der Waals surface area contributed by atoms with E-state index < -0.39 is 29.8 Å². The number of carboxylic acid groups (broad SMARTS) is 1. The van der Waals surface area contributed by atoms with E-state index in [0.717, 1.165) is 13.8 Å². The number of benzene rings is 2. The van der Waals surface area contributed by atoms with Gasteiger partial charge in [-0.25, -0.2) is 4.79 Å². The number of hydrogen-bond donors (Lipinski definition) is 1. The summed E-state index contributed by atoms with van der Waals surface area (Å²) < 4.78 is 20.1. The maximum atomic E-state index is 12.0. The fourth-order valence-electron chi connectivity index (χ4n) is 2.71. The second-order valence-corrected chi connectivity index (χ2v) is 6.64. The number of hydrogen-bond acceptors (Lipinski definition) is 9. The minimum Gasteiger partial charge on any atom is -0.478 e. The van der Waals surface area contributed by atoms with Gasteiger partial charge in [0.1, 0.15) is 11.5 Å². The standard InChI is InChI=1S/C23H20O10/c1-12(24)30-18-7-16(8-19(11-18)31-13(2)25)9-20(23(28)29)17-5-6-21(32-14(3)26)22(10-17)33-15(4)27/h5-11H,1-4H3,(H,28,29). The third kappa shape index (κ3) is 7.62. The van der Waals surface area contributed by atoms with E-state index >= 15 is 0 Å². The topological polar surface area (TPSA) is 143 Å². The minimum atomic E-state index is -1.34. The third-order valence-corrected chi connectivity index (χ3v) is 3.73. The van der Waals surface area contributed by atoms with Crippen LogP contribution in [0.15, 0.2) is 36.4 Å². The zero-order valence-electron chi connectivity index (χ0n) is 18.2. The molecular weight excluding hydrogens is 436 g/mol. The largest absolute Gasteiger partial charge is 0.478 e. The second kappa shape index (κ2) is 10.7. The number of ether oxygens (including phenoxy) is 4. The summed E-state index contributed by atoms with van der Waals surface area (Å²) in [6.45, 7) is 4.65. The Bertz CT molecular complexity index is 1130. The zero-order chi connectivity index (χ0) is 24.7. The first-order valence-corrected chi connectivity index (χ1v) is 9.42. The molecule has 0 amide bonds. The van der Waals surface area contributed by atoms with Crippen LogP contribution in [-0.4, -0.2) is 35.0 Å². The van der Waals surface area contributed by atoms with E-state index in [0.29, 0.717) is 0 Å². The maximum absolute atomic E-state index is 12.0. The van der Waals surface area contributed by atoms with E-state index in [2.05, 4.69) is 0 Å². The molecule has 172 valence electrons. The zero-order valence-corrected chi connectivity index (χ0v) is 18.2. The highest BCUT2D eigenvalue weighted by Crippen LogP contribution is 2.33. The normalized spacial score (nSPS) is 10.7. The van der Waals surface area contributed by atoms with Crippen molar-refractivity contribution in [3.63, 3.8) is 0 Å². The summed E-state index contributed by atoms with van der Waals surface area (Å²) in [5.74, 6) is -4.13. The van der Waals surface area contributed by atoms with Crippen molar-refractivity contribution < 1.29 is 48.0 Å². The van der Waals surface area contributed by atoms with Crippen LogP contribution in [-0.2, 0) is 24.0 Å². The lowest BCUT2D eigenvalue weighted by Crippen LogP contribution is -2.08. The number of esters is 4. The van der Waals surface area contributed by atoms with E-state index in [4.69, 9.17) is 18.9 Å². The van der Waals surface area contributed by atoms with Crippen LogP contribution in [0.2, 0.25) is 0 Å². The fraction of sp³-hybridized carbons (Fsp3) is 0.174. The lowest BCUT2D eigenvalue weighted by molar-refractivity contribution is -0.134. The summed E-state index contributed by atoms with van der Waals surface area (Å²) in [5, 5.41) is 9.77. The van der Waals surface area contributed by atoms with Crippen LogP contribution < -0.4 is 18.9 Å². The van der Waals surface area contributed by atoms with Crippen molar-refractivity contribution in [2.24, 2.45) is 0 Å². The molecule has 0 saturated heterocycles. The second-order valence-electron chi connectivity index (χ2n) is 6.64. The maximum Gasteiger partial charge on any atom is 0.336 e. The van der Waals surface area contributed by atoms with E-state index in [1.165, 1.54) is 56.3 Å². The first-order valence-electron chi connectivity index (χ1n) is 9.42. The lowest BCUT2D eigenvalue weighted by atomic mass is 10.0. The third-order valence-electron chi connectivity index (χ3n) is 3.73. The van der Waals surface area contributed by atoms with Gasteiger partial charge in [0.15, 0.2) is 11.5 Å². The molecule has 2 aromatic carbocycles. The van der Waals surface area contributed by atoms with Crippen LogP contribution in [0.1, 0.15) is 38.8 Å². The molecule has 0 radical (unpaired) electrons. The average molecular weight is 456 g/mol. The Morgan fingerprint density at radius 3 is 1.61 bits per heavy atom. The SMILES string of the molecule is CC(=O)Oc1cc(C=C(C(=O)O)c2ccc(OC(C)=O)c(OC(C)=O)c2)cc(OC(C)=O)c1. The molecule has 0 atom stereocenters. The van der Waals surface area contributed by atoms with Crippen LogP contribution in [0, 0.1) is 0 Å². The number of rotatable bonds is 7. The predicted octanol–water partition coefficient (Wildman–Crippen LogP) is 3.01. The van der Waals surface area contributed by atoms with Gasteiger partial charge in [-0.1, -0.05) is 6.07 Å². The van der Waals surface area contributed by atoms with Gasteiger partial charge in [-0.15, -0.1) is 0 Å². The molecule has 0 aromatic heterocycles. The van der Waals surface area contributed by atoms with Gasteiger partial charge in [-0.2, -0.15) is 0 Å². The number of carbonyl (C=O) groups is 5. The number of aliphatic carboxylic acids is 1. The van der Waals surface area contributed by atoms with Gasteiger partial charge in [0.05, 0.1) is 5.57 Å². The van der Waals surface area contributed by atoms with E-state index in [9.17, 15) is 29.1 Å². The fourth-order valence-corrected chi connectivity index (χ4v) is 2.71. The van der Waals surface area contributed by atoms with Gasteiger partial charge in [0.25, 0.3) is 0 Å². The molecule has 0 heterocycles. The Morgan fingerprint density at radius 1 is 0.667 bits per heavy atom. The van der Waals surface area contributed by atoms with Crippen molar-refractivity contribution in [2.75, 3.05) is 0 Å². The molecule has 0 aliphatic heterocycles. The van der Waals surface area contributed by atoms with Gasteiger partial charge >= 0.3 is 29.8 Å². The van der Waals surface area contributed by atoms with Gasteiger partial charge in [0.2, 0.25) is 0 Å². The van der Waals surface area contributed by atoms with Gasteiger partial charge < -0.3 is 24.1 Å². The predicted molar refractivity (Wildman–Crippen MR) is 114 cm³/mol. The lowest BCUT2D eigenvalue weighted by Gasteiger charge is -2.12. The highest BCUT2D eigenvalue weighted by Gasteiger charge is 2.17. The van der Waals surface area contributed by atoms with Crippen molar-refractivity contribution >= 4 is 41.5 Å². The average Bonchev–Trinajstić information content (AvgIpc) is 2.65. The molecule has 0 unspecified atom stereocenters. The van der Waals surface area contributed by atoms with Crippen LogP contribution in [0.4, 0.5) is 0 Å². The van der Waals surface area contributed by atoms with E-state index in [-0.39, 0.29) is 39.7 Å². The van der Waals surface area contributed by atoms with Gasteiger partial charge in [-0.3, -0.25) is 19.2 Å². The highest BCUT2D eigenvalue weighted by atomic mass is 16.6. The summed E-state index contributed by atoms with van der Waals surface area (Å²) in [5.41, 5.74) is 0.105. The molecule has 1 N–H and O–H groups in total. The first-order chi connectivity index (χ1) is 15.4. The highest BCUT2D eigenvalue weighted by molar-refractivity contribution is 6.20. The molecule has 0 aliphatic rings. The summed E-state index contributed by atoms with van der Waals surface area (Å²) in [6, 6.07) is 7.91. The Labute approximate surface area is 188 Å². The molecule has 0 bridgehead atoms. The molecule has 10 nitrogen and oxygen atoms in total. The molecule has 10 heteroatoms. The van der Waals surface area contributed by atoms with Crippen molar-refractivity contribution in [2.45, 2.75) is 27.7 Å². The summed E-state index contributed by atoms with van der Waals surface area (Å²) in [7, 11) is 0. The molecule has 0 spiro atoms. The van der Waals surface area contributed by atoms with E-state index in [1.54, 1.807) is 0 Å². The van der Waals surface area contributed by atoms with Gasteiger partial charge in [-0.05, 0) is 41.5 Å². The number of carboxylic acids is 1. The molecular formula is C23H20O10. The smallest absolute Gasteiger partial charge is 0.336 e. The van der Waals surface area contributed by atoms with Crippen LogP contribution in [0.3, 0.4) is 0 Å². The Hall–Kier alpha value is -4.47. The molecule has 2 aromatic rings.